The summed E-state index contributed by atoms with van der Waals surface area (Å²) in [6.45, 7) is 4.48. The van der Waals surface area contributed by atoms with Crippen LogP contribution in [0, 0.1) is 5.92 Å². The van der Waals surface area contributed by atoms with Crippen LogP contribution in [0.1, 0.15) is 26.7 Å². The summed E-state index contributed by atoms with van der Waals surface area (Å²) in [5.74, 6) is 6.40. The molecule has 0 spiro atoms. The molecule has 1 heterocycles. The lowest BCUT2D eigenvalue weighted by Gasteiger charge is -2.30. The predicted octanol–water partition coefficient (Wildman–Crippen LogP) is 0.278. The number of fused-ring (bicyclic) bond motifs is 1. The molecule has 64 valence electrons. The third kappa shape index (κ3) is 1.08. The van der Waals surface area contributed by atoms with Crippen LogP contribution in [-0.4, -0.2) is 23.1 Å². The van der Waals surface area contributed by atoms with Crippen molar-refractivity contribution in [1.82, 2.24) is 10.3 Å². The number of nitrogens with two attached hydrogens (primary N) is 1. The predicted molar refractivity (Wildman–Crippen MR) is 44.6 cm³/mol. The Kier molecular flexibility index (Phi) is 1.67. The van der Waals surface area contributed by atoms with Gasteiger partial charge < -0.3 is 0 Å². The van der Waals surface area contributed by atoms with E-state index in [1.165, 1.54) is 12.8 Å². The fourth-order valence-electron chi connectivity index (χ4n) is 2.39. The highest BCUT2D eigenvalue weighted by Gasteiger charge is 2.52. The summed E-state index contributed by atoms with van der Waals surface area (Å²) in [6, 6.07) is 1.48. The molecule has 0 amide bonds. The molecule has 3 N–H and O–H groups in total. The van der Waals surface area contributed by atoms with Crippen molar-refractivity contribution >= 4 is 0 Å². The topological polar surface area (TPSA) is 41.3 Å². The molecule has 2 aliphatic rings. The van der Waals surface area contributed by atoms with Crippen LogP contribution >= 0.6 is 0 Å². The first kappa shape index (κ1) is 7.53. The lowest BCUT2D eigenvalue weighted by molar-refractivity contribution is 0.145. The van der Waals surface area contributed by atoms with Gasteiger partial charge in [-0.05, 0) is 32.6 Å². The van der Waals surface area contributed by atoms with E-state index in [-0.39, 0.29) is 0 Å². The van der Waals surface area contributed by atoms with Crippen LogP contribution in [0.2, 0.25) is 0 Å². The number of hydrogen-bond donors (Lipinski definition) is 2. The number of likely N-dealkylation sites (tertiary alicyclic amines) is 1. The monoisotopic (exact) mass is 155 g/mol. The van der Waals surface area contributed by atoms with Gasteiger partial charge in [-0.3, -0.25) is 10.7 Å². The van der Waals surface area contributed by atoms with Gasteiger partial charge in [0, 0.05) is 12.1 Å². The summed E-state index contributed by atoms with van der Waals surface area (Å²) in [7, 11) is 0. The quantitative estimate of drug-likeness (QED) is 0.444. The van der Waals surface area contributed by atoms with E-state index < -0.39 is 0 Å². The second kappa shape index (κ2) is 2.44. The van der Waals surface area contributed by atoms with E-state index in [0.29, 0.717) is 12.2 Å². The Morgan fingerprint density at radius 3 is 2.64 bits per heavy atom. The number of nitrogens with one attached hydrogen (secondary N) is 1. The van der Waals surface area contributed by atoms with Crippen molar-refractivity contribution in [1.29, 1.82) is 0 Å². The van der Waals surface area contributed by atoms with Crippen LogP contribution in [0.15, 0.2) is 0 Å². The minimum Gasteiger partial charge on any atom is -0.281 e. The van der Waals surface area contributed by atoms with Crippen LogP contribution in [0.5, 0.6) is 0 Å². The zero-order valence-corrected chi connectivity index (χ0v) is 7.25. The van der Waals surface area contributed by atoms with Gasteiger partial charge in [0.25, 0.3) is 0 Å². The van der Waals surface area contributed by atoms with Crippen molar-refractivity contribution in [3.63, 3.8) is 0 Å². The van der Waals surface area contributed by atoms with Gasteiger partial charge in [-0.25, -0.2) is 5.43 Å². The Bertz CT molecular complexity index is 157. The molecule has 2 rings (SSSR count). The molecule has 0 aromatic heterocycles. The molecule has 11 heavy (non-hydrogen) atoms. The number of rotatable bonds is 2. The molecular weight excluding hydrogens is 138 g/mol. The van der Waals surface area contributed by atoms with Crippen LogP contribution in [0.4, 0.5) is 0 Å². The Morgan fingerprint density at radius 2 is 2.18 bits per heavy atom. The van der Waals surface area contributed by atoms with Crippen molar-refractivity contribution in [2.45, 2.75) is 44.9 Å². The van der Waals surface area contributed by atoms with Gasteiger partial charge in [0.1, 0.15) is 0 Å². The van der Waals surface area contributed by atoms with Crippen molar-refractivity contribution < 1.29 is 0 Å². The van der Waals surface area contributed by atoms with Gasteiger partial charge in [-0.1, -0.05) is 0 Å². The van der Waals surface area contributed by atoms with Gasteiger partial charge in [-0.15, -0.1) is 0 Å². The first-order valence-electron chi connectivity index (χ1n) is 4.47. The molecule has 3 atom stereocenters. The highest BCUT2D eigenvalue weighted by atomic mass is 15.4. The Labute approximate surface area is 67.9 Å². The molecule has 2 fully saturated rings. The van der Waals surface area contributed by atoms with Crippen LogP contribution in [-0.2, 0) is 0 Å². The summed E-state index contributed by atoms with van der Waals surface area (Å²) < 4.78 is 0. The highest BCUT2D eigenvalue weighted by Crippen LogP contribution is 2.47. The fraction of sp³-hybridized carbons (Fsp3) is 1.00. The first-order chi connectivity index (χ1) is 5.24. The lowest BCUT2D eigenvalue weighted by Crippen LogP contribution is -2.49. The number of hydrazine groups is 1. The van der Waals surface area contributed by atoms with E-state index in [1.54, 1.807) is 0 Å². The van der Waals surface area contributed by atoms with E-state index in [9.17, 15) is 0 Å². The zero-order valence-electron chi connectivity index (χ0n) is 7.25. The van der Waals surface area contributed by atoms with E-state index >= 15 is 0 Å². The lowest BCUT2D eigenvalue weighted by atomic mass is 10.2. The molecule has 3 nitrogen and oxygen atoms in total. The Hall–Kier alpha value is -0.120. The molecule has 1 aliphatic carbocycles. The van der Waals surface area contributed by atoms with Gasteiger partial charge in [0.2, 0.25) is 0 Å². The second-order valence-electron chi connectivity index (χ2n) is 4.02. The van der Waals surface area contributed by atoms with Crippen molar-refractivity contribution in [2.75, 3.05) is 0 Å². The molecule has 1 saturated heterocycles. The minimum atomic E-state index is 0.443. The van der Waals surface area contributed by atoms with Crippen LogP contribution in [0.3, 0.4) is 0 Å². The number of hydrogen-bond acceptors (Lipinski definition) is 3. The Morgan fingerprint density at radius 1 is 1.45 bits per heavy atom. The van der Waals surface area contributed by atoms with Crippen LogP contribution in [0.25, 0.3) is 0 Å². The maximum absolute atomic E-state index is 5.45. The normalized spacial score (nSPS) is 43.1. The summed E-state index contributed by atoms with van der Waals surface area (Å²) >= 11 is 0. The maximum atomic E-state index is 5.45. The van der Waals surface area contributed by atoms with Crippen molar-refractivity contribution in [2.24, 2.45) is 11.8 Å². The summed E-state index contributed by atoms with van der Waals surface area (Å²) in [5.41, 5.74) is 2.88. The molecule has 3 unspecified atom stereocenters. The largest absolute Gasteiger partial charge is 0.281 e. The fourth-order valence-corrected chi connectivity index (χ4v) is 2.39. The SMILES string of the molecule is CC(C)N1C(NN)CC2CC21. The second-order valence-corrected chi connectivity index (χ2v) is 4.02. The van der Waals surface area contributed by atoms with Crippen LogP contribution < -0.4 is 11.3 Å². The molecule has 0 aromatic carbocycles. The van der Waals surface area contributed by atoms with Gasteiger partial charge in [0.15, 0.2) is 0 Å². The average molecular weight is 155 g/mol. The zero-order chi connectivity index (χ0) is 8.01. The third-order valence-electron chi connectivity index (χ3n) is 2.94. The third-order valence-corrected chi connectivity index (χ3v) is 2.94. The molecule has 0 bridgehead atoms. The molecule has 1 saturated carbocycles. The Balaban J connectivity index is 2.03. The number of nitrogens with zero attached hydrogens (tertiary/aromatic N) is 1. The minimum absolute atomic E-state index is 0.443. The highest BCUT2D eigenvalue weighted by molar-refractivity contribution is 5.05. The van der Waals surface area contributed by atoms with E-state index in [1.807, 2.05) is 0 Å². The first-order valence-corrected chi connectivity index (χ1v) is 4.47. The molecular formula is C8H17N3. The van der Waals surface area contributed by atoms with Crippen molar-refractivity contribution in [3.8, 4) is 0 Å². The van der Waals surface area contributed by atoms with E-state index in [2.05, 4.69) is 24.2 Å². The van der Waals surface area contributed by atoms with E-state index in [4.69, 9.17) is 5.84 Å². The maximum Gasteiger partial charge on any atom is 0.0734 e. The average Bonchev–Trinajstić information content (AvgIpc) is 2.61. The smallest absolute Gasteiger partial charge is 0.0734 e. The molecule has 0 radical (unpaired) electrons. The van der Waals surface area contributed by atoms with Crippen molar-refractivity contribution in [3.05, 3.63) is 0 Å². The molecule has 3 heteroatoms. The van der Waals surface area contributed by atoms with E-state index in [0.717, 1.165) is 12.0 Å². The molecule has 0 aromatic rings. The van der Waals surface area contributed by atoms with Gasteiger partial charge >= 0.3 is 0 Å². The summed E-state index contributed by atoms with van der Waals surface area (Å²) in [5, 5.41) is 0. The number of piperidine rings is 1. The van der Waals surface area contributed by atoms with Gasteiger partial charge in [-0.2, -0.15) is 0 Å². The standard InChI is InChI=1S/C8H17N3/c1-5(2)11-7-3-6(7)4-8(11)10-9/h5-8,10H,3-4,9H2,1-2H3. The van der Waals surface area contributed by atoms with Gasteiger partial charge in [0.05, 0.1) is 6.17 Å². The summed E-state index contributed by atoms with van der Waals surface area (Å²) in [4.78, 5) is 2.50. The molecule has 1 aliphatic heterocycles. The summed E-state index contributed by atoms with van der Waals surface area (Å²) in [6.07, 6.45) is 3.09.